The van der Waals surface area contributed by atoms with Gasteiger partial charge in [-0.05, 0) is 47.5 Å². The van der Waals surface area contributed by atoms with E-state index in [9.17, 15) is 4.79 Å². The number of nitrogens with one attached hydrogen (secondary N) is 1. The van der Waals surface area contributed by atoms with Gasteiger partial charge < -0.3 is 4.74 Å². The molecule has 1 aromatic heterocycles. The van der Waals surface area contributed by atoms with Crippen molar-refractivity contribution in [3.05, 3.63) is 39.8 Å². The number of aromatic nitrogens is 1. The molecule has 1 amide bonds. The second-order valence-corrected chi connectivity index (χ2v) is 5.77. The number of hydrogen-bond acceptors (Lipinski definition) is 4. The highest BCUT2D eigenvalue weighted by Crippen LogP contribution is 2.26. The summed E-state index contributed by atoms with van der Waals surface area (Å²) in [6.45, 7) is 3.70. The number of halogens is 1. The Hall–Kier alpha value is -1.40. The average molecular weight is 341 g/mol. The maximum atomic E-state index is 11.9. The zero-order valence-corrected chi connectivity index (χ0v) is 12.9. The fourth-order valence-corrected chi connectivity index (χ4v) is 2.56. The molecule has 0 aliphatic rings. The zero-order chi connectivity index (χ0) is 13.8. The van der Waals surface area contributed by atoms with E-state index in [1.54, 1.807) is 18.5 Å². The number of anilines is 1. The maximum Gasteiger partial charge on any atom is 0.266 e. The predicted octanol–water partition coefficient (Wildman–Crippen LogP) is 3.62. The Bertz CT molecular complexity index is 572. The molecule has 1 atom stereocenters. The second-order valence-electron chi connectivity index (χ2n) is 4.02. The van der Waals surface area contributed by atoms with E-state index in [4.69, 9.17) is 4.74 Å². The van der Waals surface area contributed by atoms with Crippen LogP contribution in [0.25, 0.3) is 0 Å². The van der Waals surface area contributed by atoms with E-state index in [2.05, 4.69) is 26.2 Å². The van der Waals surface area contributed by atoms with Gasteiger partial charge in [0.15, 0.2) is 11.2 Å². The van der Waals surface area contributed by atoms with Crippen molar-refractivity contribution in [2.75, 3.05) is 5.32 Å². The standard InChI is InChI=1S/C13H13BrN2O2S/c1-8-3-4-11(10(14)7-8)18-9(2)12(17)16-13-15-5-6-19-13/h3-7,9H,1-2H3,(H,15,16,17)/t9-/m0/s1. The first-order valence-corrected chi connectivity index (χ1v) is 7.36. The minimum Gasteiger partial charge on any atom is -0.480 e. The van der Waals surface area contributed by atoms with Crippen molar-refractivity contribution >= 4 is 38.3 Å². The Labute approximate surface area is 124 Å². The molecular weight excluding hydrogens is 328 g/mol. The van der Waals surface area contributed by atoms with Crippen LogP contribution >= 0.6 is 27.3 Å². The minimum absolute atomic E-state index is 0.220. The lowest BCUT2D eigenvalue weighted by Crippen LogP contribution is -2.30. The van der Waals surface area contributed by atoms with Gasteiger partial charge in [0.25, 0.3) is 5.91 Å². The molecule has 0 aliphatic carbocycles. The highest BCUT2D eigenvalue weighted by Gasteiger charge is 2.16. The van der Waals surface area contributed by atoms with Crippen LogP contribution < -0.4 is 10.1 Å². The molecule has 0 radical (unpaired) electrons. The smallest absolute Gasteiger partial charge is 0.266 e. The number of carbonyl (C=O) groups is 1. The van der Waals surface area contributed by atoms with Crippen molar-refractivity contribution in [2.24, 2.45) is 0 Å². The minimum atomic E-state index is -0.595. The molecule has 0 spiro atoms. The molecule has 0 fully saturated rings. The fourth-order valence-electron chi connectivity index (χ4n) is 1.44. The van der Waals surface area contributed by atoms with E-state index in [0.29, 0.717) is 10.9 Å². The molecule has 4 nitrogen and oxygen atoms in total. The number of ether oxygens (including phenoxy) is 1. The third-order valence-corrected chi connectivity index (χ3v) is 3.73. The summed E-state index contributed by atoms with van der Waals surface area (Å²) in [5.41, 5.74) is 1.12. The van der Waals surface area contributed by atoms with Crippen molar-refractivity contribution in [2.45, 2.75) is 20.0 Å². The fraction of sp³-hybridized carbons (Fsp3) is 0.231. The number of amides is 1. The van der Waals surface area contributed by atoms with Crippen LogP contribution in [0.4, 0.5) is 5.13 Å². The quantitative estimate of drug-likeness (QED) is 0.924. The molecule has 2 aromatic rings. The van der Waals surface area contributed by atoms with Crippen molar-refractivity contribution in [1.82, 2.24) is 4.98 Å². The normalized spacial score (nSPS) is 11.9. The monoisotopic (exact) mass is 340 g/mol. The molecule has 0 saturated heterocycles. The van der Waals surface area contributed by atoms with Crippen LogP contribution in [0.2, 0.25) is 0 Å². The van der Waals surface area contributed by atoms with E-state index in [0.717, 1.165) is 10.0 Å². The number of hydrogen-bond donors (Lipinski definition) is 1. The number of rotatable bonds is 4. The van der Waals surface area contributed by atoms with Gasteiger partial charge in [-0.1, -0.05) is 6.07 Å². The summed E-state index contributed by atoms with van der Waals surface area (Å²) in [7, 11) is 0. The number of nitrogens with zero attached hydrogens (tertiary/aromatic N) is 1. The molecule has 0 bridgehead atoms. The lowest BCUT2D eigenvalue weighted by Gasteiger charge is -2.15. The van der Waals surface area contributed by atoms with Crippen molar-refractivity contribution in [3.8, 4) is 5.75 Å². The Balaban J connectivity index is 2.00. The molecule has 6 heteroatoms. The van der Waals surface area contributed by atoms with E-state index < -0.39 is 6.10 Å². The second kappa shape index (κ2) is 6.16. The summed E-state index contributed by atoms with van der Waals surface area (Å²) >= 11 is 4.79. The van der Waals surface area contributed by atoms with E-state index >= 15 is 0 Å². The molecule has 1 N–H and O–H groups in total. The van der Waals surface area contributed by atoms with Gasteiger partial charge in [0.05, 0.1) is 4.47 Å². The summed E-state index contributed by atoms with van der Waals surface area (Å²) in [5.74, 6) is 0.426. The van der Waals surface area contributed by atoms with E-state index in [-0.39, 0.29) is 5.91 Å². The van der Waals surface area contributed by atoms with Crippen LogP contribution in [0, 0.1) is 6.92 Å². The van der Waals surface area contributed by atoms with Gasteiger partial charge in [0.2, 0.25) is 0 Å². The van der Waals surface area contributed by atoms with Crippen molar-refractivity contribution < 1.29 is 9.53 Å². The SMILES string of the molecule is Cc1ccc(O[C@@H](C)C(=O)Nc2nccs2)c(Br)c1. The van der Waals surface area contributed by atoms with Crippen LogP contribution in [-0.2, 0) is 4.79 Å². The van der Waals surface area contributed by atoms with Crippen LogP contribution in [0.15, 0.2) is 34.2 Å². The Morgan fingerprint density at radius 2 is 2.32 bits per heavy atom. The molecule has 0 unspecified atom stereocenters. The van der Waals surface area contributed by atoms with Crippen LogP contribution in [0.3, 0.4) is 0 Å². The maximum absolute atomic E-state index is 11.9. The van der Waals surface area contributed by atoms with Gasteiger partial charge in [-0.3, -0.25) is 10.1 Å². The highest BCUT2D eigenvalue weighted by molar-refractivity contribution is 9.10. The number of carbonyl (C=O) groups excluding carboxylic acids is 1. The van der Waals surface area contributed by atoms with Gasteiger partial charge in [-0.25, -0.2) is 4.98 Å². The molecule has 1 aromatic carbocycles. The van der Waals surface area contributed by atoms with Gasteiger partial charge in [0, 0.05) is 11.6 Å². The van der Waals surface area contributed by atoms with Gasteiger partial charge in [-0.2, -0.15) is 0 Å². The van der Waals surface area contributed by atoms with Crippen LogP contribution in [0.5, 0.6) is 5.75 Å². The third-order valence-electron chi connectivity index (χ3n) is 2.42. The number of benzene rings is 1. The molecular formula is C13H13BrN2O2S. The topological polar surface area (TPSA) is 51.2 Å². The largest absolute Gasteiger partial charge is 0.480 e. The van der Waals surface area contributed by atoms with Crippen molar-refractivity contribution in [3.63, 3.8) is 0 Å². The Kier molecular flexibility index (Phi) is 4.55. The van der Waals surface area contributed by atoms with Crippen molar-refractivity contribution in [1.29, 1.82) is 0 Å². The Morgan fingerprint density at radius 3 is 2.95 bits per heavy atom. The van der Waals surface area contributed by atoms with Crippen LogP contribution in [0.1, 0.15) is 12.5 Å². The number of thiazole rings is 1. The lowest BCUT2D eigenvalue weighted by atomic mass is 10.2. The molecule has 0 aliphatic heterocycles. The molecule has 19 heavy (non-hydrogen) atoms. The van der Waals surface area contributed by atoms with Gasteiger partial charge >= 0.3 is 0 Å². The lowest BCUT2D eigenvalue weighted by molar-refractivity contribution is -0.122. The third kappa shape index (κ3) is 3.78. The summed E-state index contributed by atoms with van der Waals surface area (Å²) in [6, 6.07) is 5.72. The van der Waals surface area contributed by atoms with Gasteiger partial charge in [-0.15, -0.1) is 11.3 Å². The van der Waals surface area contributed by atoms with Crippen LogP contribution in [-0.4, -0.2) is 17.0 Å². The predicted molar refractivity (Wildman–Crippen MR) is 79.7 cm³/mol. The first kappa shape index (κ1) is 14.0. The first-order valence-electron chi connectivity index (χ1n) is 5.69. The number of aryl methyl sites for hydroxylation is 1. The molecule has 0 saturated carbocycles. The first-order chi connectivity index (χ1) is 9.06. The summed E-state index contributed by atoms with van der Waals surface area (Å²) < 4.78 is 6.46. The molecule has 1 heterocycles. The summed E-state index contributed by atoms with van der Waals surface area (Å²) in [4.78, 5) is 15.9. The molecule has 100 valence electrons. The summed E-state index contributed by atoms with van der Waals surface area (Å²) in [6.07, 6.45) is 1.05. The Morgan fingerprint density at radius 1 is 1.53 bits per heavy atom. The van der Waals surface area contributed by atoms with E-state index in [1.807, 2.05) is 25.1 Å². The zero-order valence-electron chi connectivity index (χ0n) is 10.5. The van der Waals surface area contributed by atoms with Gasteiger partial charge in [0.1, 0.15) is 5.75 Å². The van der Waals surface area contributed by atoms with E-state index in [1.165, 1.54) is 11.3 Å². The highest BCUT2D eigenvalue weighted by atomic mass is 79.9. The summed E-state index contributed by atoms with van der Waals surface area (Å²) in [5, 5.41) is 5.08. The average Bonchev–Trinajstić information content (AvgIpc) is 2.85. The molecule has 2 rings (SSSR count).